The van der Waals surface area contributed by atoms with Crippen LogP contribution in [0.4, 0.5) is 0 Å². The van der Waals surface area contributed by atoms with Gasteiger partial charge in [0.2, 0.25) is 0 Å². The fourth-order valence-corrected chi connectivity index (χ4v) is 1.71. The largest absolute Gasteiger partial charge is 0.481 e. The summed E-state index contributed by atoms with van der Waals surface area (Å²) < 4.78 is 0. The minimum absolute atomic E-state index is 0.130. The molecule has 0 radical (unpaired) electrons. The van der Waals surface area contributed by atoms with Crippen LogP contribution < -0.4 is 0 Å². The van der Waals surface area contributed by atoms with Crippen molar-refractivity contribution in [3.63, 3.8) is 0 Å². The van der Waals surface area contributed by atoms with Gasteiger partial charge in [-0.15, -0.1) is 0 Å². The normalized spacial score (nSPS) is 13.4. The van der Waals surface area contributed by atoms with Crippen molar-refractivity contribution in [1.29, 1.82) is 0 Å². The number of carboxylic acid groups (broad SMARTS) is 1. The Hall–Kier alpha value is -2.04. The van der Waals surface area contributed by atoms with E-state index in [1.807, 2.05) is 30.3 Å². The fourth-order valence-electron chi connectivity index (χ4n) is 1.71. The molecular formula is C12H15N3O3. The van der Waals surface area contributed by atoms with Crippen molar-refractivity contribution in [2.75, 3.05) is 6.61 Å². The summed E-state index contributed by atoms with van der Waals surface area (Å²) >= 11 is 0. The molecule has 0 aromatic heterocycles. The lowest BCUT2D eigenvalue weighted by molar-refractivity contribution is -0.143. The highest BCUT2D eigenvalue weighted by Gasteiger charge is 2.21. The first kappa shape index (κ1) is 14.0. The average Bonchev–Trinajstić information content (AvgIpc) is 2.36. The van der Waals surface area contributed by atoms with Gasteiger partial charge >= 0.3 is 5.97 Å². The van der Waals surface area contributed by atoms with Gasteiger partial charge in [-0.3, -0.25) is 4.79 Å². The molecule has 1 aromatic carbocycles. The molecule has 0 spiro atoms. The number of aliphatic hydroxyl groups excluding tert-OH is 1. The Kier molecular flexibility index (Phi) is 5.70. The molecule has 0 saturated carbocycles. The van der Waals surface area contributed by atoms with Gasteiger partial charge in [0.25, 0.3) is 0 Å². The van der Waals surface area contributed by atoms with Gasteiger partial charge in [-0.25, -0.2) is 0 Å². The molecule has 0 aliphatic rings. The van der Waals surface area contributed by atoms with E-state index >= 15 is 0 Å². The molecule has 0 heterocycles. The maximum Gasteiger partial charge on any atom is 0.308 e. The molecule has 6 nitrogen and oxygen atoms in total. The number of nitrogens with zero attached hydrogens (tertiary/aromatic N) is 3. The minimum Gasteiger partial charge on any atom is -0.481 e. The number of carboxylic acids is 1. The lowest BCUT2D eigenvalue weighted by atomic mass is 9.96. The Bertz CT molecular complexity index is 429. The van der Waals surface area contributed by atoms with Crippen molar-refractivity contribution in [3.05, 3.63) is 46.3 Å². The standard InChI is InChI=1S/C12H15N3O3/c13-15-14-11(7-10(8-16)12(17)18)6-9-4-2-1-3-5-9/h1-5,10-11,16H,6-8H2,(H,17,18). The molecule has 0 bridgehead atoms. The van der Waals surface area contributed by atoms with E-state index in [0.29, 0.717) is 6.42 Å². The summed E-state index contributed by atoms with van der Waals surface area (Å²) in [5, 5.41) is 21.4. The number of hydrogen-bond acceptors (Lipinski definition) is 3. The van der Waals surface area contributed by atoms with Gasteiger partial charge in [0.1, 0.15) is 0 Å². The number of aliphatic carboxylic acids is 1. The van der Waals surface area contributed by atoms with Crippen LogP contribution in [0.1, 0.15) is 12.0 Å². The van der Waals surface area contributed by atoms with Crippen LogP contribution in [0.25, 0.3) is 10.4 Å². The second kappa shape index (κ2) is 7.32. The molecule has 6 heteroatoms. The van der Waals surface area contributed by atoms with E-state index in [4.69, 9.17) is 15.7 Å². The molecule has 18 heavy (non-hydrogen) atoms. The molecule has 0 amide bonds. The molecule has 96 valence electrons. The first-order chi connectivity index (χ1) is 8.67. The molecule has 2 unspecified atom stereocenters. The van der Waals surface area contributed by atoms with Gasteiger partial charge in [-0.1, -0.05) is 35.4 Å². The Morgan fingerprint density at radius 2 is 2.06 bits per heavy atom. The van der Waals surface area contributed by atoms with Gasteiger partial charge in [-0.05, 0) is 23.9 Å². The fraction of sp³-hybridized carbons (Fsp3) is 0.417. The maximum absolute atomic E-state index is 10.8. The van der Waals surface area contributed by atoms with Crippen LogP contribution in [0.3, 0.4) is 0 Å². The van der Waals surface area contributed by atoms with Gasteiger partial charge in [0.05, 0.1) is 12.5 Å². The lowest BCUT2D eigenvalue weighted by Gasteiger charge is -2.15. The smallest absolute Gasteiger partial charge is 0.308 e. The Balaban J connectivity index is 2.71. The van der Waals surface area contributed by atoms with Crippen LogP contribution >= 0.6 is 0 Å². The third-order valence-electron chi connectivity index (χ3n) is 2.66. The van der Waals surface area contributed by atoms with Crippen molar-refractivity contribution < 1.29 is 15.0 Å². The number of benzene rings is 1. The lowest BCUT2D eigenvalue weighted by Crippen LogP contribution is -2.24. The van der Waals surface area contributed by atoms with Crippen LogP contribution in [0.5, 0.6) is 0 Å². The number of carbonyl (C=O) groups is 1. The molecule has 2 atom stereocenters. The van der Waals surface area contributed by atoms with Crippen LogP contribution in [-0.4, -0.2) is 28.8 Å². The minimum atomic E-state index is -1.08. The van der Waals surface area contributed by atoms with Crippen LogP contribution in [0, 0.1) is 5.92 Å². The van der Waals surface area contributed by atoms with Gasteiger partial charge in [0.15, 0.2) is 0 Å². The van der Waals surface area contributed by atoms with Crippen molar-refractivity contribution in [1.82, 2.24) is 0 Å². The molecule has 1 rings (SSSR count). The van der Waals surface area contributed by atoms with E-state index in [-0.39, 0.29) is 6.42 Å². The third-order valence-corrected chi connectivity index (χ3v) is 2.66. The topological polar surface area (TPSA) is 106 Å². The Labute approximate surface area is 105 Å². The number of azide groups is 1. The monoisotopic (exact) mass is 249 g/mol. The van der Waals surface area contributed by atoms with Crippen molar-refractivity contribution in [3.8, 4) is 0 Å². The first-order valence-corrected chi connectivity index (χ1v) is 5.59. The molecule has 2 N–H and O–H groups in total. The molecule has 0 fully saturated rings. The summed E-state index contributed by atoms with van der Waals surface area (Å²) in [4.78, 5) is 13.6. The quantitative estimate of drug-likeness (QED) is 0.438. The molecule has 0 aliphatic carbocycles. The highest BCUT2D eigenvalue weighted by atomic mass is 16.4. The van der Waals surface area contributed by atoms with E-state index in [2.05, 4.69) is 10.0 Å². The van der Waals surface area contributed by atoms with Crippen molar-refractivity contribution >= 4 is 5.97 Å². The van der Waals surface area contributed by atoms with Crippen LogP contribution in [0.15, 0.2) is 35.4 Å². The summed E-state index contributed by atoms with van der Waals surface area (Å²) in [6, 6.07) is 8.90. The van der Waals surface area contributed by atoms with Crippen molar-refractivity contribution in [2.45, 2.75) is 18.9 Å². The SMILES string of the molecule is [N-]=[N+]=NC(Cc1ccccc1)CC(CO)C(=O)O. The second-order valence-electron chi connectivity index (χ2n) is 4.00. The van der Waals surface area contributed by atoms with Crippen LogP contribution in [0.2, 0.25) is 0 Å². The average molecular weight is 249 g/mol. The zero-order valence-electron chi connectivity index (χ0n) is 9.81. The van der Waals surface area contributed by atoms with E-state index in [0.717, 1.165) is 5.56 Å². The summed E-state index contributed by atoms with van der Waals surface area (Å²) in [5.41, 5.74) is 9.46. The van der Waals surface area contributed by atoms with E-state index in [9.17, 15) is 4.79 Å². The van der Waals surface area contributed by atoms with Gasteiger partial charge < -0.3 is 10.2 Å². The number of hydrogen-bond donors (Lipinski definition) is 2. The van der Waals surface area contributed by atoms with E-state index in [1.165, 1.54) is 0 Å². The van der Waals surface area contributed by atoms with Crippen LogP contribution in [-0.2, 0) is 11.2 Å². The molecular weight excluding hydrogens is 234 g/mol. The Morgan fingerprint density at radius 3 is 2.56 bits per heavy atom. The van der Waals surface area contributed by atoms with Gasteiger partial charge in [0, 0.05) is 11.0 Å². The summed E-state index contributed by atoms with van der Waals surface area (Å²) in [5.74, 6) is -1.98. The summed E-state index contributed by atoms with van der Waals surface area (Å²) in [6.45, 7) is -0.457. The summed E-state index contributed by atoms with van der Waals surface area (Å²) in [6.07, 6.45) is 0.597. The van der Waals surface area contributed by atoms with E-state index in [1.54, 1.807) is 0 Å². The zero-order chi connectivity index (χ0) is 13.4. The number of aliphatic hydroxyl groups is 1. The molecule has 1 aromatic rings. The first-order valence-electron chi connectivity index (χ1n) is 5.59. The number of rotatable bonds is 7. The summed E-state index contributed by atoms with van der Waals surface area (Å²) in [7, 11) is 0. The molecule has 0 saturated heterocycles. The van der Waals surface area contributed by atoms with E-state index < -0.39 is 24.5 Å². The maximum atomic E-state index is 10.8. The third kappa shape index (κ3) is 4.45. The van der Waals surface area contributed by atoms with Crippen molar-refractivity contribution in [2.24, 2.45) is 11.0 Å². The Morgan fingerprint density at radius 1 is 1.39 bits per heavy atom. The predicted molar refractivity (Wildman–Crippen MR) is 65.9 cm³/mol. The molecule has 0 aliphatic heterocycles. The highest BCUT2D eigenvalue weighted by molar-refractivity contribution is 5.70. The zero-order valence-corrected chi connectivity index (χ0v) is 9.81. The highest BCUT2D eigenvalue weighted by Crippen LogP contribution is 2.15. The second-order valence-corrected chi connectivity index (χ2v) is 4.00. The predicted octanol–water partition coefficient (Wildman–Crippen LogP) is 1.99. The van der Waals surface area contributed by atoms with Gasteiger partial charge in [-0.2, -0.15) is 0 Å².